The van der Waals surface area contributed by atoms with Crippen molar-refractivity contribution in [2.75, 3.05) is 12.3 Å². The van der Waals surface area contributed by atoms with Crippen LogP contribution in [0.5, 0.6) is 0 Å². The van der Waals surface area contributed by atoms with E-state index in [0.717, 1.165) is 18.7 Å². The molecule has 0 aromatic heterocycles. The molecule has 1 fully saturated rings. The molecule has 0 atom stereocenters. The molecule has 1 aromatic rings. The quantitative estimate of drug-likeness (QED) is 0.507. The average molecular weight is 249 g/mol. The van der Waals surface area contributed by atoms with Gasteiger partial charge in [-0.2, -0.15) is 0 Å². The van der Waals surface area contributed by atoms with Gasteiger partial charge >= 0.3 is 0 Å². The van der Waals surface area contributed by atoms with Crippen molar-refractivity contribution in [3.63, 3.8) is 0 Å². The topological polar surface area (TPSA) is 72.4 Å². The predicted octanol–water partition coefficient (Wildman–Crippen LogP) is 2.55. The second-order valence-corrected chi connectivity index (χ2v) is 5.49. The molecule has 5 heteroatoms. The molecule has 1 saturated heterocycles. The van der Waals surface area contributed by atoms with Crippen LogP contribution in [0.25, 0.3) is 0 Å². The second kappa shape index (κ2) is 4.57. The van der Waals surface area contributed by atoms with Gasteiger partial charge in [0, 0.05) is 18.2 Å². The van der Waals surface area contributed by atoms with Crippen molar-refractivity contribution in [2.45, 2.75) is 38.8 Å². The lowest BCUT2D eigenvalue weighted by Gasteiger charge is -2.31. The fourth-order valence-corrected chi connectivity index (χ4v) is 2.55. The first-order chi connectivity index (χ1) is 8.40. The zero-order valence-corrected chi connectivity index (χ0v) is 10.8. The SMILES string of the molecule is CC1(C)CCCN1Cc1ccc([N+](=O)[O-])c(N)c1. The third-order valence-electron chi connectivity index (χ3n) is 3.73. The number of likely N-dealkylation sites (tertiary alicyclic amines) is 1. The van der Waals surface area contributed by atoms with Crippen LogP contribution in [0, 0.1) is 10.1 Å². The van der Waals surface area contributed by atoms with Gasteiger partial charge in [-0.25, -0.2) is 0 Å². The number of hydrogen-bond donors (Lipinski definition) is 1. The third-order valence-corrected chi connectivity index (χ3v) is 3.73. The molecule has 1 heterocycles. The smallest absolute Gasteiger partial charge is 0.292 e. The van der Waals surface area contributed by atoms with Crippen molar-refractivity contribution in [2.24, 2.45) is 0 Å². The van der Waals surface area contributed by atoms with Crippen LogP contribution in [-0.2, 0) is 6.54 Å². The molecule has 0 radical (unpaired) electrons. The normalized spacial score (nSPS) is 19.0. The number of hydrogen-bond acceptors (Lipinski definition) is 4. The highest BCUT2D eigenvalue weighted by Crippen LogP contribution is 2.31. The molecule has 2 N–H and O–H groups in total. The molecule has 0 bridgehead atoms. The molecule has 0 unspecified atom stereocenters. The summed E-state index contributed by atoms with van der Waals surface area (Å²) in [7, 11) is 0. The van der Waals surface area contributed by atoms with Gasteiger partial charge in [0.2, 0.25) is 0 Å². The van der Waals surface area contributed by atoms with E-state index in [1.54, 1.807) is 12.1 Å². The molecule has 0 saturated carbocycles. The van der Waals surface area contributed by atoms with E-state index in [0.29, 0.717) is 0 Å². The summed E-state index contributed by atoms with van der Waals surface area (Å²) in [6, 6.07) is 5.00. The van der Waals surface area contributed by atoms with Crippen LogP contribution in [0.15, 0.2) is 18.2 Å². The summed E-state index contributed by atoms with van der Waals surface area (Å²) in [4.78, 5) is 12.6. The summed E-state index contributed by atoms with van der Waals surface area (Å²) < 4.78 is 0. The Bertz CT molecular complexity index is 471. The van der Waals surface area contributed by atoms with E-state index in [1.807, 2.05) is 0 Å². The maximum Gasteiger partial charge on any atom is 0.292 e. The van der Waals surface area contributed by atoms with E-state index in [4.69, 9.17) is 5.73 Å². The minimum Gasteiger partial charge on any atom is -0.393 e. The molecule has 1 aromatic carbocycles. The molecule has 0 spiro atoms. The van der Waals surface area contributed by atoms with Gasteiger partial charge in [-0.05, 0) is 44.9 Å². The number of benzene rings is 1. The summed E-state index contributed by atoms with van der Waals surface area (Å²) in [6.07, 6.45) is 2.39. The highest BCUT2D eigenvalue weighted by atomic mass is 16.6. The van der Waals surface area contributed by atoms with Crippen LogP contribution in [-0.4, -0.2) is 21.9 Å². The lowest BCUT2D eigenvalue weighted by atomic mass is 10.0. The Morgan fingerprint density at radius 2 is 2.22 bits per heavy atom. The lowest BCUT2D eigenvalue weighted by Crippen LogP contribution is -2.37. The average Bonchev–Trinajstić information content (AvgIpc) is 2.58. The van der Waals surface area contributed by atoms with Crippen LogP contribution < -0.4 is 5.73 Å². The second-order valence-electron chi connectivity index (χ2n) is 5.49. The van der Waals surface area contributed by atoms with Gasteiger partial charge in [0.1, 0.15) is 5.69 Å². The molecular formula is C13H19N3O2. The molecule has 5 nitrogen and oxygen atoms in total. The van der Waals surface area contributed by atoms with E-state index in [-0.39, 0.29) is 16.9 Å². The van der Waals surface area contributed by atoms with E-state index in [9.17, 15) is 10.1 Å². The molecule has 0 aliphatic carbocycles. The Hall–Kier alpha value is -1.62. The van der Waals surface area contributed by atoms with Crippen molar-refractivity contribution < 1.29 is 4.92 Å². The summed E-state index contributed by atoms with van der Waals surface area (Å²) in [5.74, 6) is 0. The molecule has 98 valence electrons. The van der Waals surface area contributed by atoms with Crippen molar-refractivity contribution in [1.29, 1.82) is 0 Å². The number of anilines is 1. The maximum absolute atomic E-state index is 10.7. The zero-order valence-electron chi connectivity index (χ0n) is 10.8. The number of nitrogens with two attached hydrogens (primary N) is 1. The van der Waals surface area contributed by atoms with Crippen molar-refractivity contribution in [3.8, 4) is 0 Å². The molecular weight excluding hydrogens is 230 g/mol. The van der Waals surface area contributed by atoms with Gasteiger partial charge in [-0.3, -0.25) is 15.0 Å². The fraction of sp³-hybridized carbons (Fsp3) is 0.538. The predicted molar refractivity (Wildman–Crippen MR) is 71.2 cm³/mol. The van der Waals surface area contributed by atoms with Crippen LogP contribution >= 0.6 is 0 Å². The van der Waals surface area contributed by atoms with E-state index in [2.05, 4.69) is 18.7 Å². The summed E-state index contributed by atoms with van der Waals surface area (Å²) in [5, 5.41) is 10.7. The van der Waals surface area contributed by atoms with Gasteiger partial charge in [-0.15, -0.1) is 0 Å². The van der Waals surface area contributed by atoms with Gasteiger partial charge in [0.05, 0.1) is 4.92 Å². The first-order valence-corrected chi connectivity index (χ1v) is 6.18. The first kappa shape index (κ1) is 12.8. The van der Waals surface area contributed by atoms with E-state index >= 15 is 0 Å². The molecule has 18 heavy (non-hydrogen) atoms. The van der Waals surface area contributed by atoms with Gasteiger partial charge in [0.25, 0.3) is 5.69 Å². The Morgan fingerprint density at radius 3 is 2.72 bits per heavy atom. The van der Waals surface area contributed by atoms with E-state index in [1.165, 1.54) is 18.9 Å². The van der Waals surface area contributed by atoms with Crippen molar-refractivity contribution in [1.82, 2.24) is 4.90 Å². The molecule has 1 aliphatic heterocycles. The van der Waals surface area contributed by atoms with Crippen molar-refractivity contribution >= 4 is 11.4 Å². The van der Waals surface area contributed by atoms with Crippen LogP contribution in [0.3, 0.4) is 0 Å². The highest BCUT2D eigenvalue weighted by molar-refractivity contribution is 5.59. The Balaban J connectivity index is 2.16. The Morgan fingerprint density at radius 1 is 1.50 bits per heavy atom. The third kappa shape index (κ3) is 2.46. The van der Waals surface area contributed by atoms with Gasteiger partial charge in [0.15, 0.2) is 0 Å². The van der Waals surface area contributed by atoms with E-state index < -0.39 is 4.92 Å². The minimum atomic E-state index is -0.446. The number of nitro benzene ring substituents is 1. The monoisotopic (exact) mass is 249 g/mol. The van der Waals surface area contributed by atoms with Crippen molar-refractivity contribution in [3.05, 3.63) is 33.9 Å². The van der Waals surface area contributed by atoms with Gasteiger partial charge < -0.3 is 5.73 Å². The number of nitro groups is 1. The fourth-order valence-electron chi connectivity index (χ4n) is 2.55. The highest BCUT2D eigenvalue weighted by Gasteiger charge is 2.31. The van der Waals surface area contributed by atoms with Gasteiger partial charge in [-0.1, -0.05) is 6.07 Å². The minimum absolute atomic E-state index is 0.0144. The summed E-state index contributed by atoms with van der Waals surface area (Å²) in [6.45, 7) is 6.34. The Labute approximate surface area is 107 Å². The summed E-state index contributed by atoms with van der Waals surface area (Å²) in [5.41, 5.74) is 7.17. The molecule has 0 amide bonds. The van der Waals surface area contributed by atoms with Crippen LogP contribution in [0.1, 0.15) is 32.3 Å². The first-order valence-electron chi connectivity index (χ1n) is 6.18. The number of nitrogens with zero attached hydrogens (tertiary/aromatic N) is 2. The van der Waals surface area contributed by atoms with Crippen LogP contribution in [0.2, 0.25) is 0 Å². The zero-order chi connectivity index (χ0) is 13.3. The van der Waals surface area contributed by atoms with Crippen LogP contribution in [0.4, 0.5) is 11.4 Å². The summed E-state index contributed by atoms with van der Waals surface area (Å²) >= 11 is 0. The Kier molecular flexibility index (Phi) is 3.26. The maximum atomic E-state index is 10.7. The number of nitrogen functional groups attached to an aromatic ring is 1. The molecule has 2 rings (SSSR count). The number of rotatable bonds is 3. The largest absolute Gasteiger partial charge is 0.393 e. The standard InChI is InChI=1S/C13H19N3O2/c1-13(2)6-3-7-15(13)9-10-4-5-12(16(17)18)11(14)8-10/h4-5,8H,3,6-7,9,14H2,1-2H3. The lowest BCUT2D eigenvalue weighted by molar-refractivity contribution is -0.383. The molecule has 1 aliphatic rings.